The third-order valence-corrected chi connectivity index (χ3v) is 7.07. The van der Waals surface area contributed by atoms with Crippen molar-refractivity contribution in [3.63, 3.8) is 0 Å². The molecule has 1 aliphatic rings. The highest BCUT2D eigenvalue weighted by Gasteiger charge is 2.29. The smallest absolute Gasteiger partial charge is 0.299 e. The molecule has 0 saturated heterocycles. The number of amides is 1. The Bertz CT molecular complexity index is 1320. The minimum absolute atomic E-state index is 0.240. The number of aromatic nitrogens is 2. The molecule has 3 aromatic rings. The number of nitrogens with two attached hydrogens (primary N) is 1. The average molecular weight is 534 g/mol. The number of hydroxylamine groups is 1. The Kier molecular flexibility index (Phi) is 9.07. The van der Waals surface area contributed by atoms with Gasteiger partial charge in [0.2, 0.25) is 0 Å². The quantitative estimate of drug-likeness (QED) is 0.279. The van der Waals surface area contributed by atoms with Crippen LogP contribution in [0.1, 0.15) is 66.7 Å². The van der Waals surface area contributed by atoms with Crippen LogP contribution in [0.3, 0.4) is 0 Å². The Morgan fingerprint density at radius 2 is 1.92 bits per heavy atom. The highest BCUT2D eigenvalue weighted by atomic mass is 16.7. The number of methoxy groups -OCH3 is 1. The first-order valence-electron chi connectivity index (χ1n) is 13.3. The van der Waals surface area contributed by atoms with Crippen molar-refractivity contribution in [1.82, 2.24) is 15.1 Å². The number of fused-ring (bicyclic) bond motifs is 1. The molecule has 0 atom stereocenters. The molecule has 0 bridgehead atoms. The van der Waals surface area contributed by atoms with Crippen LogP contribution in [-0.4, -0.2) is 53.5 Å². The topological polar surface area (TPSA) is 138 Å². The number of nitrogens with zero attached hydrogens (tertiary/aromatic N) is 4. The van der Waals surface area contributed by atoms with Crippen molar-refractivity contribution in [3.8, 4) is 11.8 Å². The van der Waals surface area contributed by atoms with Crippen LogP contribution < -0.4 is 21.3 Å². The maximum absolute atomic E-state index is 12.7. The van der Waals surface area contributed by atoms with Gasteiger partial charge in [0.1, 0.15) is 24.0 Å². The van der Waals surface area contributed by atoms with Crippen LogP contribution >= 0.6 is 0 Å². The van der Waals surface area contributed by atoms with Gasteiger partial charge >= 0.3 is 0 Å². The van der Waals surface area contributed by atoms with Crippen LogP contribution in [0, 0.1) is 18.3 Å². The average Bonchev–Trinajstić information content (AvgIpc) is 3.41. The number of nitriles is 1. The Morgan fingerprint density at radius 3 is 2.59 bits per heavy atom. The van der Waals surface area contributed by atoms with Gasteiger partial charge in [0.15, 0.2) is 0 Å². The molecule has 10 nitrogen and oxygen atoms in total. The summed E-state index contributed by atoms with van der Waals surface area (Å²) in [6.45, 7) is 6.65. The van der Waals surface area contributed by atoms with E-state index in [4.69, 9.17) is 20.0 Å². The third kappa shape index (κ3) is 6.87. The molecule has 2 aromatic heterocycles. The summed E-state index contributed by atoms with van der Waals surface area (Å²) in [6.07, 6.45) is 5.94. The molecule has 10 heteroatoms. The number of carbonyl (C=O) groups is 1. The van der Waals surface area contributed by atoms with Crippen molar-refractivity contribution >= 4 is 17.1 Å². The van der Waals surface area contributed by atoms with E-state index in [1.54, 1.807) is 42.1 Å². The molecular weight excluding hydrogens is 496 g/mol. The predicted octanol–water partition coefficient (Wildman–Crippen LogP) is 3.92. The minimum atomic E-state index is -0.828. The van der Waals surface area contributed by atoms with E-state index in [0.29, 0.717) is 36.5 Å². The van der Waals surface area contributed by atoms with Crippen molar-refractivity contribution < 1.29 is 19.1 Å². The van der Waals surface area contributed by atoms with Gasteiger partial charge in [-0.25, -0.2) is 9.35 Å². The van der Waals surface area contributed by atoms with Crippen molar-refractivity contribution in [3.05, 3.63) is 58.9 Å². The summed E-state index contributed by atoms with van der Waals surface area (Å²) in [7, 11) is 1.61. The van der Waals surface area contributed by atoms with Crippen LogP contribution in [-0.2, 0) is 16.0 Å². The Labute approximate surface area is 229 Å². The van der Waals surface area contributed by atoms with Crippen LogP contribution in [0.4, 0.5) is 5.69 Å². The molecule has 1 aliphatic carbocycles. The summed E-state index contributed by atoms with van der Waals surface area (Å²) < 4.78 is 12.3. The standard InChI is InChI=1S/C29H37N6O4/c1-19-26(17-29(2,3)39-34-28(36)20-5-11-23(12-6-20)38-16-15-37-4)35-25(13-14-32-35)24(18-30)27(19)33-22-9-7-21(31)8-10-22/h5-6,11-14,21-22,33H,7-10,15-17,31H2,1-4H3. The number of ether oxygens (including phenoxy) is 2. The molecule has 3 N–H and O–H groups in total. The van der Waals surface area contributed by atoms with Crippen LogP contribution in [0.5, 0.6) is 5.75 Å². The molecule has 1 fully saturated rings. The lowest BCUT2D eigenvalue weighted by molar-refractivity contribution is -0.0756. The summed E-state index contributed by atoms with van der Waals surface area (Å²) in [5.41, 5.74) is 13.5. The summed E-state index contributed by atoms with van der Waals surface area (Å²) in [6, 6.07) is 11.4. The Hall–Kier alpha value is -3.65. The molecule has 1 saturated carbocycles. The number of pyridine rings is 1. The van der Waals surface area contributed by atoms with Gasteiger partial charge in [-0.3, -0.25) is 4.79 Å². The third-order valence-electron chi connectivity index (χ3n) is 7.07. The van der Waals surface area contributed by atoms with Crippen molar-refractivity contribution in [2.45, 2.75) is 70.6 Å². The molecule has 39 heavy (non-hydrogen) atoms. The molecule has 0 spiro atoms. The SMILES string of the molecule is COCCOc1ccc(C(=O)[N]OC(C)(C)Cc2c(C)c(NC3CCC(N)CC3)c(C#N)c3ccnn23)cc1. The zero-order valence-electron chi connectivity index (χ0n) is 23.1. The van der Waals surface area contributed by atoms with Crippen molar-refractivity contribution in [2.75, 3.05) is 25.6 Å². The fourth-order valence-corrected chi connectivity index (χ4v) is 4.89. The molecule has 1 amide bonds. The summed E-state index contributed by atoms with van der Waals surface area (Å²) in [4.78, 5) is 18.5. The number of hydrogen-bond donors (Lipinski definition) is 2. The second kappa shape index (κ2) is 12.5. The van der Waals surface area contributed by atoms with E-state index in [-0.39, 0.29) is 12.1 Å². The first kappa shape index (κ1) is 28.4. The molecular formula is C29H37N6O4. The number of rotatable bonds is 11. The van der Waals surface area contributed by atoms with Crippen molar-refractivity contribution in [1.29, 1.82) is 5.26 Å². The normalized spacial score (nSPS) is 17.5. The fraction of sp³-hybridized carbons (Fsp3) is 0.483. The van der Waals surface area contributed by atoms with Crippen LogP contribution in [0.2, 0.25) is 0 Å². The zero-order valence-corrected chi connectivity index (χ0v) is 23.1. The highest BCUT2D eigenvalue weighted by Crippen LogP contribution is 2.33. The minimum Gasteiger partial charge on any atom is -0.491 e. The van der Waals surface area contributed by atoms with E-state index < -0.39 is 11.5 Å². The lowest BCUT2D eigenvalue weighted by atomic mass is 9.90. The monoisotopic (exact) mass is 533 g/mol. The maximum atomic E-state index is 12.7. The summed E-state index contributed by atoms with van der Waals surface area (Å²) in [5, 5.41) is 18.2. The second-order valence-corrected chi connectivity index (χ2v) is 10.6. The molecule has 1 aromatic carbocycles. The lowest BCUT2D eigenvalue weighted by Gasteiger charge is -2.30. The van der Waals surface area contributed by atoms with E-state index in [1.807, 2.05) is 26.8 Å². The number of hydrogen-bond acceptors (Lipinski definition) is 8. The summed E-state index contributed by atoms with van der Waals surface area (Å²) >= 11 is 0. The molecule has 1 radical (unpaired) electrons. The van der Waals surface area contributed by atoms with Crippen LogP contribution in [0.15, 0.2) is 36.5 Å². The molecule has 0 unspecified atom stereocenters. The first-order valence-corrected chi connectivity index (χ1v) is 13.3. The first-order chi connectivity index (χ1) is 18.7. The van der Waals surface area contributed by atoms with Gasteiger partial charge in [-0.05, 0) is 82.3 Å². The van der Waals surface area contributed by atoms with Crippen LogP contribution in [0.25, 0.3) is 5.52 Å². The molecule has 207 valence electrons. The Balaban J connectivity index is 1.49. The zero-order chi connectivity index (χ0) is 28.0. The van der Waals surface area contributed by atoms with Gasteiger partial charge in [0, 0.05) is 31.2 Å². The van der Waals surface area contributed by atoms with E-state index in [9.17, 15) is 10.1 Å². The van der Waals surface area contributed by atoms with E-state index in [2.05, 4.69) is 22.0 Å². The molecule has 0 aliphatic heterocycles. The molecule has 4 rings (SSSR count). The van der Waals surface area contributed by atoms with Gasteiger partial charge in [-0.15, -0.1) is 0 Å². The summed E-state index contributed by atoms with van der Waals surface area (Å²) in [5.74, 6) is 0.162. The second-order valence-electron chi connectivity index (χ2n) is 10.6. The number of carbonyl (C=O) groups excluding carboxylic acids is 1. The largest absolute Gasteiger partial charge is 0.491 e. The number of benzene rings is 1. The highest BCUT2D eigenvalue weighted by molar-refractivity contribution is 5.93. The van der Waals surface area contributed by atoms with Gasteiger partial charge in [-0.1, -0.05) is 5.48 Å². The fourth-order valence-electron chi connectivity index (χ4n) is 4.89. The predicted molar refractivity (Wildman–Crippen MR) is 148 cm³/mol. The van der Waals surface area contributed by atoms with Gasteiger partial charge in [-0.2, -0.15) is 10.4 Å². The molecule has 2 heterocycles. The van der Waals surface area contributed by atoms with Crippen molar-refractivity contribution in [2.24, 2.45) is 5.73 Å². The lowest BCUT2D eigenvalue weighted by Crippen LogP contribution is -2.35. The Morgan fingerprint density at radius 1 is 1.21 bits per heavy atom. The number of nitrogens with one attached hydrogen (secondary N) is 1. The van der Waals surface area contributed by atoms with E-state index >= 15 is 0 Å². The maximum Gasteiger partial charge on any atom is 0.299 e. The van der Waals surface area contributed by atoms with Gasteiger partial charge in [0.25, 0.3) is 5.91 Å². The number of anilines is 1. The van der Waals surface area contributed by atoms with E-state index in [1.165, 1.54) is 0 Å². The van der Waals surface area contributed by atoms with E-state index in [0.717, 1.165) is 48.1 Å². The van der Waals surface area contributed by atoms with Gasteiger partial charge in [0.05, 0.1) is 35.3 Å². The van der Waals surface area contributed by atoms with Gasteiger partial charge < -0.3 is 20.5 Å².